The standard InChI is InChI=1S/C31H33N5O3S/c1-19-16-23(21-10-13-35(14-11-21)30(37)22-6-7-22)8-9-26(19)32-17-24-12-15-40-29(24)27-4-3-5-28(34-27)36-20(2)25(18-33-36)31(38)39/h3-5,8-9,12,15-16,18,21-22,32H,6-7,10-11,13-14,17H2,1-2H3,(H,38,39). The van der Waals surface area contributed by atoms with Crippen LogP contribution in [0.3, 0.4) is 0 Å². The van der Waals surface area contributed by atoms with Gasteiger partial charge in [-0.05, 0) is 91.8 Å². The molecule has 1 aromatic carbocycles. The highest BCUT2D eigenvalue weighted by molar-refractivity contribution is 7.13. The minimum absolute atomic E-state index is 0.170. The normalized spacial score (nSPS) is 15.8. The van der Waals surface area contributed by atoms with E-state index in [2.05, 4.69) is 51.9 Å². The molecule has 1 saturated heterocycles. The number of pyridine rings is 1. The third-order valence-corrected chi connectivity index (χ3v) is 9.07. The number of aryl methyl sites for hydroxylation is 1. The lowest BCUT2D eigenvalue weighted by Gasteiger charge is -2.32. The number of aromatic nitrogens is 3. The van der Waals surface area contributed by atoms with E-state index in [1.165, 1.54) is 17.3 Å². The van der Waals surface area contributed by atoms with Crippen LogP contribution in [-0.2, 0) is 11.3 Å². The third kappa shape index (κ3) is 5.25. The zero-order chi connectivity index (χ0) is 27.8. The van der Waals surface area contributed by atoms with Gasteiger partial charge in [0.15, 0.2) is 5.82 Å². The van der Waals surface area contributed by atoms with Crippen LogP contribution in [0.2, 0.25) is 0 Å². The fraction of sp³-hybridized carbons (Fsp3) is 0.355. The molecule has 1 amide bonds. The van der Waals surface area contributed by atoms with Gasteiger partial charge in [0.1, 0.15) is 5.56 Å². The first-order chi connectivity index (χ1) is 19.4. The van der Waals surface area contributed by atoms with Gasteiger partial charge in [-0.25, -0.2) is 14.5 Å². The molecule has 206 valence electrons. The Morgan fingerprint density at radius 2 is 1.88 bits per heavy atom. The van der Waals surface area contributed by atoms with E-state index >= 15 is 0 Å². The Morgan fingerprint density at radius 1 is 1.07 bits per heavy atom. The average molecular weight is 556 g/mol. The number of nitrogens with one attached hydrogen (secondary N) is 1. The molecule has 8 nitrogen and oxygen atoms in total. The van der Waals surface area contributed by atoms with Crippen molar-refractivity contribution in [2.45, 2.75) is 52.0 Å². The highest BCUT2D eigenvalue weighted by Crippen LogP contribution is 2.35. The number of benzene rings is 1. The van der Waals surface area contributed by atoms with Crippen molar-refractivity contribution in [1.82, 2.24) is 19.7 Å². The Morgan fingerprint density at radius 3 is 2.58 bits per heavy atom. The predicted octanol–water partition coefficient (Wildman–Crippen LogP) is 6.04. The Bertz CT molecular complexity index is 1560. The van der Waals surface area contributed by atoms with Gasteiger partial charge in [-0.3, -0.25) is 4.79 Å². The second-order valence-electron chi connectivity index (χ2n) is 10.8. The number of rotatable bonds is 8. The molecule has 6 rings (SSSR count). The molecule has 1 aliphatic carbocycles. The number of carboxylic acid groups (broad SMARTS) is 1. The van der Waals surface area contributed by atoms with Crippen molar-refractivity contribution in [3.8, 4) is 16.4 Å². The lowest BCUT2D eigenvalue weighted by Crippen LogP contribution is -2.38. The molecule has 9 heteroatoms. The van der Waals surface area contributed by atoms with Gasteiger partial charge in [0.05, 0.1) is 22.5 Å². The number of hydrogen-bond acceptors (Lipinski definition) is 6. The van der Waals surface area contributed by atoms with Crippen LogP contribution in [0.1, 0.15) is 64.3 Å². The zero-order valence-corrected chi connectivity index (χ0v) is 23.6. The number of likely N-dealkylation sites (tertiary alicyclic amines) is 1. The predicted molar refractivity (Wildman–Crippen MR) is 156 cm³/mol. The Kier molecular flexibility index (Phi) is 7.14. The lowest BCUT2D eigenvalue weighted by molar-refractivity contribution is -0.133. The molecule has 1 aliphatic heterocycles. The van der Waals surface area contributed by atoms with E-state index in [1.807, 2.05) is 18.2 Å². The minimum Gasteiger partial charge on any atom is -0.478 e. The van der Waals surface area contributed by atoms with Crippen molar-refractivity contribution >= 4 is 28.9 Å². The molecule has 3 aromatic heterocycles. The van der Waals surface area contributed by atoms with E-state index in [0.29, 0.717) is 35.8 Å². The van der Waals surface area contributed by atoms with E-state index in [0.717, 1.165) is 60.6 Å². The second kappa shape index (κ2) is 10.9. The molecule has 0 spiro atoms. The summed E-state index contributed by atoms with van der Waals surface area (Å²) in [6, 6.07) is 14.5. The van der Waals surface area contributed by atoms with Gasteiger partial charge in [-0.1, -0.05) is 18.2 Å². The molecular weight excluding hydrogens is 522 g/mol. The molecule has 0 unspecified atom stereocenters. The molecule has 2 fully saturated rings. The van der Waals surface area contributed by atoms with Gasteiger partial charge < -0.3 is 15.3 Å². The number of hydrogen-bond donors (Lipinski definition) is 2. The van der Waals surface area contributed by atoms with Crippen molar-refractivity contribution in [3.05, 3.63) is 82.0 Å². The maximum atomic E-state index is 12.4. The van der Waals surface area contributed by atoms with E-state index in [1.54, 1.807) is 22.9 Å². The van der Waals surface area contributed by atoms with Gasteiger partial charge in [0.2, 0.25) is 5.91 Å². The molecule has 1 saturated carbocycles. The van der Waals surface area contributed by atoms with Gasteiger partial charge in [0.25, 0.3) is 0 Å². The molecule has 40 heavy (non-hydrogen) atoms. The third-order valence-electron chi connectivity index (χ3n) is 8.10. The van der Waals surface area contributed by atoms with Crippen LogP contribution in [-0.4, -0.2) is 49.7 Å². The Balaban J connectivity index is 1.12. The fourth-order valence-corrected chi connectivity index (χ4v) is 6.46. The SMILES string of the molecule is Cc1cc(C2CCN(C(=O)C3CC3)CC2)ccc1NCc1ccsc1-c1cccc(-n2ncc(C(=O)O)c2C)n1. The smallest absolute Gasteiger partial charge is 0.339 e. The van der Waals surface area contributed by atoms with E-state index in [-0.39, 0.29) is 5.56 Å². The molecule has 0 bridgehead atoms. The van der Waals surface area contributed by atoms with Crippen LogP contribution in [0.5, 0.6) is 0 Å². The van der Waals surface area contributed by atoms with Crippen molar-refractivity contribution < 1.29 is 14.7 Å². The molecule has 2 aliphatic rings. The summed E-state index contributed by atoms with van der Waals surface area (Å²) in [6.45, 7) is 6.29. The van der Waals surface area contributed by atoms with Gasteiger partial charge in [0, 0.05) is 31.2 Å². The summed E-state index contributed by atoms with van der Waals surface area (Å²) < 4.78 is 1.57. The quantitative estimate of drug-likeness (QED) is 0.275. The van der Waals surface area contributed by atoms with Crippen molar-refractivity contribution in [2.75, 3.05) is 18.4 Å². The van der Waals surface area contributed by atoms with Crippen molar-refractivity contribution in [1.29, 1.82) is 0 Å². The summed E-state index contributed by atoms with van der Waals surface area (Å²) in [5.41, 5.74) is 6.37. The number of thiophene rings is 1. The largest absolute Gasteiger partial charge is 0.478 e. The monoisotopic (exact) mass is 555 g/mol. The molecule has 0 atom stereocenters. The summed E-state index contributed by atoms with van der Waals surface area (Å²) in [5, 5.41) is 19.3. The number of carbonyl (C=O) groups is 2. The summed E-state index contributed by atoms with van der Waals surface area (Å²) in [7, 11) is 0. The summed E-state index contributed by atoms with van der Waals surface area (Å²) in [5.74, 6) is 0.764. The topological polar surface area (TPSA) is 100 Å². The zero-order valence-electron chi connectivity index (χ0n) is 22.8. The molecule has 2 N–H and O–H groups in total. The summed E-state index contributed by atoms with van der Waals surface area (Å²) in [4.78, 5) is 31.8. The number of carbonyl (C=O) groups excluding carboxylic acids is 1. The van der Waals surface area contributed by atoms with Crippen LogP contribution >= 0.6 is 11.3 Å². The maximum absolute atomic E-state index is 12.4. The van der Waals surface area contributed by atoms with Crippen molar-refractivity contribution in [2.24, 2.45) is 5.92 Å². The second-order valence-corrected chi connectivity index (χ2v) is 11.7. The van der Waals surface area contributed by atoms with Crippen LogP contribution in [0.15, 0.2) is 54.0 Å². The Hall–Kier alpha value is -3.98. The van der Waals surface area contributed by atoms with E-state index in [4.69, 9.17) is 4.98 Å². The van der Waals surface area contributed by atoms with Crippen LogP contribution in [0, 0.1) is 19.8 Å². The van der Waals surface area contributed by atoms with Gasteiger partial charge in [-0.2, -0.15) is 5.10 Å². The highest BCUT2D eigenvalue weighted by atomic mass is 32.1. The first kappa shape index (κ1) is 26.3. The number of piperidine rings is 1. The molecule has 4 aromatic rings. The minimum atomic E-state index is -0.999. The van der Waals surface area contributed by atoms with Gasteiger partial charge in [-0.15, -0.1) is 11.3 Å². The van der Waals surface area contributed by atoms with Gasteiger partial charge >= 0.3 is 5.97 Å². The molecule has 0 radical (unpaired) electrons. The number of amides is 1. The highest BCUT2D eigenvalue weighted by Gasteiger charge is 2.35. The number of carboxylic acids is 1. The van der Waals surface area contributed by atoms with Crippen molar-refractivity contribution in [3.63, 3.8) is 0 Å². The van der Waals surface area contributed by atoms with E-state index in [9.17, 15) is 14.7 Å². The van der Waals surface area contributed by atoms with Crippen LogP contribution < -0.4 is 5.32 Å². The first-order valence-corrected chi connectivity index (χ1v) is 14.7. The first-order valence-electron chi connectivity index (χ1n) is 13.8. The number of aromatic carboxylic acids is 1. The lowest BCUT2D eigenvalue weighted by atomic mass is 9.88. The maximum Gasteiger partial charge on any atom is 0.339 e. The summed E-state index contributed by atoms with van der Waals surface area (Å²) in [6.07, 6.45) is 5.57. The fourth-order valence-electron chi connectivity index (χ4n) is 5.57. The number of nitrogens with zero attached hydrogens (tertiary/aromatic N) is 4. The Labute approximate surface area is 237 Å². The molecule has 4 heterocycles. The summed E-state index contributed by atoms with van der Waals surface area (Å²) >= 11 is 1.63. The number of anilines is 1. The van der Waals surface area contributed by atoms with E-state index < -0.39 is 5.97 Å². The molecular formula is C31H33N5O3S. The van der Waals surface area contributed by atoms with Crippen LogP contribution in [0.25, 0.3) is 16.4 Å². The van der Waals surface area contributed by atoms with Crippen LogP contribution in [0.4, 0.5) is 5.69 Å². The average Bonchev–Trinajstić information content (AvgIpc) is 3.58.